The quantitative estimate of drug-likeness (QED) is 0.356. The number of halogens is 2. The summed E-state index contributed by atoms with van der Waals surface area (Å²) in [6.07, 6.45) is 2.39. The van der Waals surface area contributed by atoms with Gasteiger partial charge in [-0.1, -0.05) is 76.8 Å². The van der Waals surface area contributed by atoms with Crippen molar-refractivity contribution in [3.8, 4) is 6.07 Å². The van der Waals surface area contributed by atoms with Crippen LogP contribution in [0.4, 0.5) is 5.69 Å². The molecule has 1 amide bonds. The van der Waals surface area contributed by atoms with Gasteiger partial charge >= 0.3 is 0 Å². The van der Waals surface area contributed by atoms with Gasteiger partial charge in [-0.05, 0) is 61.2 Å². The van der Waals surface area contributed by atoms with Crippen molar-refractivity contribution >= 4 is 40.9 Å². The number of nitrogens with one attached hydrogen (secondary N) is 1. The first-order chi connectivity index (χ1) is 14.3. The van der Waals surface area contributed by atoms with Crippen LogP contribution in [0.2, 0.25) is 10.0 Å². The van der Waals surface area contributed by atoms with E-state index >= 15 is 0 Å². The topological polar surface area (TPSA) is 52.9 Å². The maximum Gasteiger partial charge on any atom is 0.266 e. The van der Waals surface area contributed by atoms with E-state index in [1.165, 1.54) is 16.7 Å². The lowest BCUT2D eigenvalue weighted by molar-refractivity contribution is -0.112. The highest BCUT2D eigenvalue weighted by molar-refractivity contribution is 6.42. The number of anilines is 1. The molecular formula is C25H20Cl2N2O. The highest BCUT2D eigenvalue weighted by Gasteiger charge is 2.10. The van der Waals surface area contributed by atoms with Gasteiger partial charge in [-0.25, -0.2) is 0 Å². The fourth-order valence-corrected chi connectivity index (χ4v) is 3.52. The summed E-state index contributed by atoms with van der Waals surface area (Å²) in [5.41, 5.74) is 6.17. The second kappa shape index (κ2) is 9.63. The molecule has 3 aromatic carbocycles. The van der Waals surface area contributed by atoms with Crippen LogP contribution in [0.15, 0.2) is 66.2 Å². The second-order valence-corrected chi connectivity index (χ2v) is 7.98. The van der Waals surface area contributed by atoms with Crippen molar-refractivity contribution in [2.45, 2.75) is 20.3 Å². The molecule has 0 aliphatic carbocycles. The van der Waals surface area contributed by atoms with Crippen molar-refractivity contribution in [2.75, 3.05) is 5.32 Å². The summed E-state index contributed by atoms with van der Waals surface area (Å²) in [6.45, 7) is 4.19. The van der Waals surface area contributed by atoms with E-state index in [1.54, 1.807) is 24.3 Å². The normalized spacial score (nSPS) is 11.1. The molecule has 150 valence electrons. The van der Waals surface area contributed by atoms with Crippen LogP contribution in [0, 0.1) is 25.2 Å². The molecule has 3 nitrogen and oxygen atoms in total. The maximum atomic E-state index is 12.4. The Morgan fingerprint density at radius 1 is 0.933 bits per heavy atom. The molecule has 0 aromatic heterocycles. The number of carbonyl (C=O) groups excluding carboxylic acids is 1. The first kappa shape index (κ1) is 21.6. The molecule has 0 heterocycles. The Kier molecular flexibility index (Phi) is 6.95. The number of nitrogens with zero attached hydrogens (tertiary/aromatic N) is 1. The molecule has 0 unspecified atom stereocenters. The maximum absolute atomic E-state index is 12.4. The average Bonchev–Trinajstić information content (AvgIpc) is 2.69. The lowest BCUT2D eigenvalue weighted by atomic mass is 9.99. The highest BCUT2D eigenvalue weighted by Crippen LogP contribution is 2.25. The van der Waals surface area contributed by atoms with Crippen LogP contribution >= 0.6 is 23.2 Å². The minimum absolute atomic E-state index is 0.00290. The predicted molar refractivity (Wildman–Crippen MR) is 124 cm³/mol. The van der Waals surface area contributed by atoms with Gasteiger partial charge in [-0.2, -0.15) is 5.26 Å². The van der Waals surface area contributed by atoms with Crippen molar-refractivity contribution < 1.29 is 4.79 Å². The number of rotatable bonds is 5. The summed E-state index contributed by atoms with van der Waals surface area (Å²) in [5, 5.41) is 12.8. The summed E-state index contributed by atoms with van der Waals surface area (Å²) in [5.74, 6) is -0.504. The highest BCUT2D eigenvalue weighted by atomic mass is 35.5. The third kappa shape index (κ3) is 5.73. The fraction of sp³-hybridized carbons (Fsp3) is 0.120. The molecule has 0 aliphatic heterocycles. The van der Waals surface area contributed by atoms with Crippen LogP contribution in [0.3, 0.4) is 0 Å². The molecule has 0 atom stereocenters. The molecule has 0 radical (unpaired) electrons. The summed E-state index contributed by atoms with van der Waals surface area (Å²) in [6, 6.07) is 21.1. The van der Waals surface area contributed by atoms with Gasteiger partial charge in [0.2, 0.25) is 0 Å². The Morgan fingerprint density at radius 2 is 1.60 bits per heavy atom. The lowest BCUT2D eigenvalue weighted by Gasteiger charge is -2.07. The number of amides is 1. The Morgan fingerprint density at radius 3 is 2.20 bits per heavy atom. The van der Waals surface area contributed by atoms with Crippen LogP contribution in [-0.2, 0) is 11.2 Å². The van der Waals surface area contributed by atoms with E-state index in [1.807, 2.05) is 30.3 Å². The molecule has 3 aromatic rings. The van der Waals surface area contributed by atoms with Crippen molar-refractivity contribution in [3.05, 3.63) is 104 Å². The van der Waals surface area contributed by atoms with Crippen LogP contribution in [0.1, 0.15) is 27.8 Å². The molecule has 0 spiro atoms. The monoisotopic (exact) mass is 434 g/mol. The van der Waals surface area contributed by atoms with Crippen molar-refractivity contribution in [1.29, 1.82) is 5.26 Å². The zero-order chi connectivity index (χ0) is 21.7. The zero-order valence-corrected chi connectivity index (χ0v) is 18.2. The van der Waals surface area contributed by atoms with E-state index in [0.717, 1.165) is 17.5 Å². The molecule has 5 heteroatoms. The number of hydrogen-bond acceptors (Lipinski definition) is 2. The number of aryl methyl sites for hydroxylation is 2. The molecule has 0 bridgehead atoms. The Hall–Kier alpha value is -3.06. The number of carbonyl (C=O) groups is 1. The summed E-state index contributed by atoms with van der Waals surface area (Å²) in [4.78, 5) is 12.4. The lowest BCUT2D eigenvalue weighted by Crippen LogP contribution is -2.13. The smallest absolute Gasteiger partial charge is 0.266 e. The second-order valence-electron chi connectivity index (χ2n) is 7.17. The van der Waals surface area contributed by atoms with E-state index in [2.05, 4.69) is 37.4 Å². The van der Waals surface area contributed by atoms with E-state index in [4.69, 9.17) is 23.2 Å². The van der Waals surface area contributed by atoms with Gasteiger partial charge in [0.15, 0.2) is 0 Å². The van der Waals surface area contributed by atoms with Crippen molar-refractivity contribution in [3.63, 3.8) is 0 Å². The first-order valence-corrected chi connectivity index (χ1v) is 10.1. The van der Waals surface area contributed by atoms with E-state index in [-0.39, 0.29) is 5.57 Å². The van der Waals surface area contributed by atoms with Gasteiger partial charge in [0.05, 0.1) is 10.0 Å². The van der Waals surface area contributed by atoms with E-state index in [0.29, 0.717) is 15.7 Å². The molecule has 0 saturated heterocycles. The molecule has 1 N–H and O–H groups in total. The van der Waals surface area contributed by atoms with Crippen LogP contribution in [-0.4, -0.2) is 5.91 Å². The van der Waals surface area contributed by atoms with Gasteiger partial charge in [0.1, 0.15) is 11.6 Å². The van der Waals surface area contributed by atoms with Crippen LogP contribution < -0.4 is 5.32 Å². The van der Waals surface area contributed by atoms with Gasteiger partial charge in [0, 0.05) is 5.69 Å². The molecule has 0 fully saturated rings. The Balaban J connectivity index is 1.73. The number of nitriles is 1. The largest absolute Gasteiger partial charge is 0.321 e. The summed E-state index contributed by atoms with van der Waals surface area (Å²) < 4.78 is 0. The molecule has 30 heavy (non-hydrogen) atoms. The van der Waals surface area contributed by atoms with Gasteiger partial charge in [-0.3, -0.25) is 4.79 Å². The van der Waals surface area contributed by atoms with Gasteiger partial charge in [-0.15, -0.1) is 0 Å². The molecule has 3 rings (SSSR count). The van der Waals surface area contributed by atoms with Crippen LogP contribution in [0.5, 0.6) is 0 Å². The molecule has 0 aliphatic rings. The Bertz CT molecular complexity index is 1140. The third-order valence-corrected chi connectivity index (χ3v) is 5.26. The summed E-state index contributed by atoms with van der Waals surface area (Å²) >= 11 is 11.9. The zero-order valence-electron chi connectivity index (χ0n) is 16.7. The molecule has 0 saturated carbocycles. The minimum atomic E-state index is -0.504. The minimum Gasteiger partial charge on any atom is -0.321 e. The number of hydrogen-bond donors (Lipinski definition) is 1. The van der Waals surface area contributed by atoms with Crippen LogP contribution in [0.25, 0.3) is 6.08 Å². The third-order valence-electron chi connectivity index (χ3n) is 4.52. The van der Waals surface area contributed by atoms with Crippen molar-refractivity contribution in [2.24, 2.45) is 0 Å². The van der Waals surface area contributed by atoms with Gasteiger partial charge < -0.3 is 5.32 Å². The van der Waals surface area contributed by atoms with E-state index in [9.17, 15) is 10.1 Å². The van der Waals surface area contributed by atoms with E-state index < -0.39 is 5.91 Å². The Labute approximate surface area is 186 Å². The molecular weight excluding hydrogens is 415 g/mol. The fourth-order valence-electron chi connectivity index (χ4n) is 3.23. The SMILES string of the molecule is Cc1cc(C)cc(Cc2ccc(/C=C(\C#N)C(=O)Nc3ccc(Cl)c(Cl)c3)cc2)c1. The average molecular weight is 435 g/mol. The summed E-state index contributed by atoms with van der Waals surface area (Å²) in [7, 11) is 0. The first-order valence-electron chi connectivity index (χ1n) is 9.38. The van der Waals surface area contributed by atoms with Gasteiger partial charge in [0.25, 0.3) is 5.91 Å². The van der Waals surface area contributed by atoms with Crippen molar-refractivity contribution in [1.82, 2.24) is 0 Å². The number of benzene rings is 3. The predicted octanol–water partition coefficient (Wildman–Crippen LogP) is 6.75. The standard InChI is InChI=1S/C25H20Cl2N2O/c1-16-9-17(2)11-20(10-16)12-18-3-5-19(6-4-18)13-21(15-28)25(30)29-22-7-8-23(26)24(27)14-22/h3-11,13-14H,12H2,1-2H3,(H,29,30)/b21-13+.